The SMILES string of the molecule is CCC1=NC(N2CC3CN(c4nc(COC)ns4)CC3C2)=NC(=O)C1F. The highest BCUT2D eigenvalue weighted by Gasteiger charge is 2.43. The van der Waals surface area contributed by atoms with E-state index in [4.69, 9.17) is 4.74 Å². The van der Waals surface area contributed by atoms with Crippen LogP contribution < -0.4 is 4.90 Å². The minimum Gasteiger partial charge on any atom is -0.377 e. The van der Waals surface area contributed by atoms with Crippen molar-refractivity contribution >= 4 is 34.2 Å². The summed E-state index contributed by atoms with van der Waals surface area (Å²) in [5, 5.41) is 0.926. The molecule has 3 atom stereocenters. The molecule has 3 aliphatic rings. The van der Waals surface area contributed by atoms with E-state index in [0.29, 0.717) is 36.6 Å². The molecule has 26 heavy (non-hydrogen) atoms. The molecule has 0 aliphatic carbocycles. The molecule has 2 fully saturated rings. The van der Waals surface area contributed by atoms with Gasteiger partial charge in [-0.15, -0.1) is 0 Å². The number of alkyl halides is 1. The van der Waals surface area contributed by atoms with Gasteiger partial charge >= 0.3 is 0 Å². The number of anilines is 1. The minimum atomic E-state index is -1.68. The number of hydrogen-bond donors (Lipinski definition) is 0. The van der Waals surface area contributed by atoms with Gasteiger partial charge in [0, 0.05) is 56.7 Å². The zero-order valence-corrected chi connectivity index (χ0v) is 15.6. The first-order chi connectivity index (χ1) is 12.6. The zero-order valence-electron chi connectivity index (χ0n) is 14.8. The summed E-state index contributed by atoms with van der Waals surface area (Å²) in [7, 11) is 1.63. The molecule has 0 radical (unpaired) electrons. The quantitative estimate of drug-likeness (QED) is 0.779. The summed E-state index contributed by atoms with van der Waals surface area (Å²) in [6, 6.07) is 0. The fraction of sp³-hybridized carbons (Fsp3) is 0.688. The van der Waals surface area contributed by atoms with Crippen LogP contribution in [0.4, 0.5) is 9.52 Å². The molecule has 2 saturated heterocycles. The molecule has 10 heteroatoms. The molecule has 3 aliphatic heterocycles. The van der Waals surface area contributed by atoms with Gasteiger partial charge in [-0.05, 0) is 6.42 Å². The lowest BCUT2D eigenvalue weighted by Gasteiger charge is -2.24. The predicted molar refractivity (Wildman–Crippen MR) is 96.5 cm³/mol. The summed E-state index contributed by atoms with van der Waals surface area (Å²) in [4.78, 5) is 28.7. The average Bonchev–Trinajstić information content (AvgIpc) is 3.31. The first-order valence-corrected chi connectivity index (χ1v) is 9.51. The summed E-state index contributed by atoms with van der Waals surface area (Å²) in [6.45, 7) is 5.55. The number of likely N-dealkylation sites (tertiary alicyclic amines) is 1. The van der Waals surface area contributed by atoms with Gasteiger partial charge in [0.1, 0.15) is 6.61 Å². The van der Waals surface area contributed by atoms with Gasteiger partial charge < -0.3 is 14.5 Å². The Kier molecular flexibility index (Phi) is 4.70. The fourth-order valence-electron chi connectivity index (χ4n) is 3.78. The van der Waals surface area contributed by atoms with Crippen molar-refractivity contribution in [3.63, 3.8) is 0 Å². The Balaban J connectivity index is 1.41. The highest BCUT2D eigenvalue weighted by atomic mass is 32.1. The van der Waals surface area contributed by atoms with Gasteiger partial charge in [0.15, 0.2) is 5.82 Å². The molecular formula is C16H21FN6O2S. The number of aromatic nitrogens is 2. The number of amides is 1. The number of halogens is 1. The Bertz CT molecular complexity index is 752. The summed E-state index contributed by atoms with van der Waals surface area (Å²) in [5.41, 5.74) is 0.276. The first kappa shape index (κ1) is 17.5. The highest BCUT2D eigenvalue weighted by molar-refractivity contribution is 7.09. The Morgan fingerprint density at radius 3 is 2.54 bits per heavy atom. The molecule has 4 rings (SSSR count). The Morgan fingerprint density at radius 1 is 1.19 bits per heavy atom. The van der Waals surface area contributed by atoms with Crippen molar-refractivity contribution < 1.29 is 13.9 Å². The van der Waals surface area contributed by atoms with Crippen molar-refractivity contribution in [3.05, 3.63) is 5.82 Å². The topological polar surface area (TPSA) is 83.3 Å². The van der Waals surface area contributed by atoms with E-state index in [9.17, 15) is 9.18 Å². The molecule has 8 nitrogen and oxygen atoms in total. The normalized spacial score (nSPS) is 28.4. The highest BCUT2D eigenvalue weighted by Crippen LogP contribution is 2.35. The molecule has 0 spiro atoms. The molecule has 1 amide bonds. The van der Waals surface area contributed by atoms with E-state index in [1.165, 1.54) is 11.5 Å². The van der Waals surface area contributed by atoms with Crippen molar-refractivity contribution in [3.8, 4) is 0 Å². The summed E-state index contributed by atoms with van der Waals surface area (Å²) in [6.07, 6.45) is -1.26. The van der Waals surface area contributed by atoms with E-state index in [1.807, 2.05) is 4.90 Å². The van der Waals surface area contributed by atoms with Crippen LogP contribution in [0, 0.1) is 11.8 Å². The average molecular weight is 380 g/mol. The van der Waals surface area contributed by atoms with E-state index >= 15 is 0 Å². The number of fused-ring (bicyclic) bond motifs is 1. The summed E-state index contributed by atoms with van der Waals surface area (Å²) < 4.78 is 23.2. The van der Waals surface area contributed by atoms with Crippen molar-refractivity contribution in [1.29, 1.82) is 0 Å². The number of rotatable bonds is 4. The summed E-state index contributed by atoms with van der Waals surface area (Å²) in [5.74, 6) is 1.26. The minimum absolute atomic E-state index is 0.276. The second-order valence-electron chi connectivity index (χ2n) is 6.83. The number of aliphatic imine (C=N–C) groups is 2. The maximum absolute atomic E-state index is 13.8. The number of carbonyl (C=O) groups is 1. The van der Waals surface area contributed by atoms with Crippen LogP contribution in [0.15, 0.2) is 9.98 Å². The maximum atomic E-state index is 13.8. The molecule has 140 valence electrons. The largest absolute Gasteiger partial charge is 0.377 e. The Hall–Kier alpha value is -1.94. The van der Waals surface area contributed by atoms with Gasteiger partial charge in [0.25, 0.3) is 5.91 Å². The van der Waals surface area contributed by atoms with Crippen LogP contribution in [-0.4, -0.2) is 71.3 Å². The van der Waals surface area contributed by atoms with E-state index < -0.39 is 12.1 Å². The van der Waals surface area contributed by atoms with E-state index in [2.05, 4.69) is 24.2 Å². The van der Waals surface area contributed by atoms with Crippen LogP contribution in [0.25, 0.3) is 0 Å². The molecule has 1 aromatic rings. The second kappa shape index (κ2) is 6.99. The molecule has 0 aromatic carbocycles. The number of nitrogens with zero attached hydrogens (tertiary/aromatic N) is 6. The Labute approximate surface area is 154 Å². The van der Waals surface area contributed by atoms with E-state index in [-0.39, 0.29) is 5.71 Å². The van der Waals surface area contributed by atoms with Crippen LogP contribution in [0.5, 0.6) is 0 Å². The van der Waals surface area contributed by atoms with Crippen LogP contribution in [0.2, 0.25) is 0 Å². The van der Waals surface area contributed by atoms with Crippen molar-refractivity contribution in [2.75, 3.05) is 38.2 Å². The summed E-state index contributed by atoms with van der Waals surface area (Å²) >= 11 is 1.40. The third-order valence-corrected chi connectivity index (χ3v) is 5.91. The lowest BCUT2D eigenvalue weighted by atomic mass is 10.0. The van der Waals surface area contributed by atoms with Crippen molar-refractivity contribution in [1.82, 2.24) is 14.3 Å². The monoisotopic (exact) mass is 380 g/mol. The maximum Gasteiger partial charge on any atom is 0.289 e. The number of hydrogen-bond acceptors (Lipinski definition) is 8. The van der Waals surface area contributed by atoms with Gasteiger partial charge in [0.05, 0.1) is 5.71 Å². The molecule has 0 saturated carbocycles. The zero-order chi connectivity index (χ0) is 18.3. The third kappa shape index (κ3) is 3.11. The van der Waals surface area contributed by atoms with Crippen molar-refractivity contribution in [2.24, 2.45) is 21.8 Å². The smallest absolute Gasteiger partial charge is 0.289 e. The van der Waals surface area contributed by atoms with Crippen LogP contribution in [0.3, 0.4) is 0 Å². The van der Waals surface area contributed by atoms with Gasteiger partial charge in [-0.2, -0.15) is 9.37 Å². The van der Waals surface area contributed by atoms with E-state index in [1.54, 1.807) is 14.0 Å². The predicted octanol–water partition coefficient (Wildman–Crippen LogP) is 1.14. The van der Waals surface area contributed by atoms with Gasteiger partial charge in [0.2, 0.25) is 17.3 Å². The number of carbonyl (C=O) groups excluding carboxylic acids is 1. The van der Waals surface area contributed by atoms with Gasteiger partial charge in [-0.3, -0.25) is 4.79 Å². The van der Waals surface area contributed by atoms with Crippen LogP contribution in [0.1, 0.15) is 19.2 Å². The van der Waals surface area contributed by atoms with Crippen LogP contribution >= 0.6 is 11.5 Å². The lowest BCUT2D eigenvalue weighted by Crippen LogP contribution is -2.38. The van der Waals surface area contributed by atoms with Crippen molar-refractivity contribution in [2.45, 2.75) is 26.1 Å². The number of guanidine groups is 1. The van der Waals surface area contributed by atoms with E-state index in [0.717, 1.165) is 31.3 Å². The van der Waals surface area contributed by atoms with Gasteiger partial charge in [-0.1, -0.05) is 6.92 Å². The number of methoxy groups -OCH3 is 1. The standard InChI is InChI=1S/C16H21FN6O2S/c1-3-11-13(17)14(24)20-15(18-11)22-4-9-6-23(7-10(9)5-22)16-19-12(8-25-2)21-26-16/h9-10,13H,3-8H2,1-2H3. The number of ether oxygens (including phenoxy) is 1. The fourth-order valence-corrected chi connectivity index (χ4v) is 4.47. The third-order valence-electron chi connectivity index (χ3n) is 5.10. The Morgan fingerprint density at radius 2 is 1.88 bits per heavy atom. The molecule has 1 aromatic heterocycles. The lowest BCUT2D eigenvalue weighted by molar-refractivity contribution is -0.120. The van der Waals surface area contributed by atoms with Gasteiger partial charge in [-0.25, -0.2) is 14.4 Å². The molecule has 3 unspecified atom stereocenters. The second-order valence-corrected chi connectivity index (χ2v) is 7.56. The van der Waals surface area contributed by atoms with Crippen LogP contribution in [-0.2, 0) is 16.1 Å². The molecular weight excluding hydrogens is 359 g/mol. The molecule has 0 N–H and O–H groups in total. The molecule has 4 heterocycles. The first-order valence-electron chi connectivity index (χ1n) is 8.74. The molecule has 0 bridgehead atoms.